The Morgan fingerprint density at radius 1 is 1.07 bits per heavy atom. The van der Waals surface area contributed by atoms with E-state index in [4.69, 9.17) is 11.6 Å². The van der Waals surface area contributed by atoms with Gasteiger partial charge in [0.2, 0.25) is 21.2 Å². The highest BCUT2D eigenvalue weighted by Crippen LogP contribution is 2.40. The van der Waals surface area contributed by atoms with E-state index >= 15 is 0 Å². The molecular formula is C27H24ClF3N6O4S2. The number of halogens is 4. The maximum atomic E-state index is 13.7. The molecule has 1 saturated carbocycles. The van der Waals surface area contributed by atoms with Crippen molar-refractivity contribution in [3.05, 3.63) is 71.1 Å². The number of hydrogen-bond donors (Lipinski definition) is 1. The number of alkyl halides is 3. The van der Waals surface area contributed by atoms with Crippen molar-refractivity contribution in [2.24, 2.45) is 0 Å². The van der Waals surface area contributed by atoms with Crippen LogP contribution in [0.25, 0.3) is 10.3 Å². The van der Waals surface area contributed by atoms with Crippen LogP contribution in [0.3, 0.4) is 0 Å². The number of carbonyl (C=O) groups is 1. The molecular weight excluding hydrogens is 629 g/mol. The lowest BCUT2D eigenvalue weighted by atomic mass is 10.1. The summed E-state index contributed by atoms with van der Waals surface area (Å²) < 4.78 is 70.9. The molecule has 2 aliphatic rings. The van der Waals surface area contributed by atoms with Crippen molar-refractivity contribution < 1.29 is 31.1 Å². The maximum absolute atomic E-state index is 13.7. The third kappa shape index (κ3) is 6.69. The first-order chi connectivity index (χ1) is 20.5. The van der Waals surface area contributed by atoms with Crippen molar-refractivity contribution >= 4 is 54.3 Å². The lowest BCUT2D eigenvalue weighted by molar-refractivity contribution is -0.274. The van der Waals surface area contributed by atoms with E-state index in [1.165, 1.54) is 35.9 Å². The number of nitrogens with one attached hydrogen (secondary N) is 1. The lowest BCUT2D eigenvalue weighted by Gasteiger charge is -2.39. The third-order valence-electron chi connectivity index (χ3n) is 7.17. The van der Waals surface area contributed by atoms with Crippen LogP contribution in [-0.2, 0) is 21.4 Å². The minimum Gasteiger partial charge on any atom is -0.406 e. The number of nitrogens with zero attached hydrogens (tertiary/aromatic N) is 5. The van der Waals surface area contributed by atoms with Gasteiger partial charge in [0, 0.05) is 26.2 Å². The van der Waals surface area contributed by atoms with E-state index in [1.807, 2.05) is 24.3 Å². The number of fused-ring (bicyclic) bond motifs is 1. The summed E-state index contributed by atoms with van der Waals surface area (Å²) in [5.41, 5.74) is 2.50. The van der Waals surface area contributed by atoms with E-state index < -0.39 is 34.1 Å². The van der Waals surface area contributed by atoms with Gasteiger partial charge in [-0.1, -0.05) is 35.6 Å². The third-order valence-corrected chi connectivity index (χ3v) is 10.3. The highest BCUT2D eigenvalue weighted by atomic mass is 35.5. The average Bonchev–Trinajstić information content (AvgIpc) is 3.74. The van der Waals surface area contributed by atoms with Gasteiger partial charge in [0.15, 0.2) is 10.8 Å². The Morgan fingerprint density at radius 3 is 2.47 bits per heavy atom. The first-order valence-electron chi connectivity index (χ1n) is 13.2. The van der Waals surface area contributed by atoms with Gasteiger partial charge < -0.3 is 15.0 Å². The molecule has 1 aliphatic carbocycles. The quantitative estimate of drug-likeness (QED) is 0.272. The van der Waals surface area contributed by atoms with Gasteiger partial charge in [0.25, 0.3) is 0 Å². The van der Waals surface area contributed by atoms with E-state index in [-0.39, 0.29) is 36.4 Å². The van der Waals surface area contributed by atoms with E-state index in [0.717, 1.165) is 34.1 Å². The summed E-state index contributed by atoms with van der Waals surface area (Å²) in [5, 5.41) is 3.41. The fourth-order valence-electron chi connectivity index (χ4n) is 4.86. The van der Waals surface area contributed by atoms with Gasteiger partial charge in [0.1, 0.15) is 11.8 Å². The number of anilines is 1. The number of piperazine rings is 1. The second kappa shape index (κ2) is 11.5. The zero-order valence-electron chi connectivity index (χ0n) is 22.3. The smallest absolute Gasteiger partial charge is 0.406 e. The Bertz CT molecular complexity index is 1750. The standard InChI is InChI=1S/C27H24ClF3N6O4S2/c28-25-33-14-22-23(34-25)35-26(42-22)36-11-12-37(43(39,40)20-9-7-19(8-10-20)41-27(29,30)31)21(15-36)24(38)32-13-16-1-3-17(4-2-16)18-5-6-18/h1-4,7-10,14,18,21H,5-6,11-13,15H2,(H,32,38)/t21-/m1/s1. The molecule has 226 valence electrons. The molecule has 0 spiro atoms. The molecule has 1 saturated heterocycles. The summed E-state index contributed by atoms with van der Waals surface area (Å²) in [6.45, 7) is 0.274. The minimum atomic E-state index is -4.92. The zero-order chi connectivity index (χ0) is 30.4. The average molecular weight is 653 g/mol. The summed E-state index contributed by atoms with van der Waals surface area (Å²) in [7, 11) is -4.29. The largest absolute Gasteiger partial charge is 0.573 e. The topological polar surface area (TPSA) is 118 Å². The van der Waals surface area contributed by atoms with E-state index in [2.05, 4.69) is 25.0 Å². The van der Waals surface area contributed by atoms with Gasteiger partial charge in [-0.3, -0.25) is 4.79 Å². The normalized spacial score (nSPS) is 18.1. The van der Waals surface area contributed by atoms with Crippen LogP contribution in [-0.4, -0.2) is 65.6 Å². The van der Waals surface area contributed by atoms with Crippen molar-refractivity contribution in [2.75, 3.05) is 24.5 Å². The number of carbonyl (C=O) groups excluding carboxylic acids is 1. The Morgan fingerprint density at radius 2 is 1.79 bits per heavy atom. The molecule has 3 heterocycles. The molecule has 1 amide bonds. The van der Waals surface area contributed by atoms with Gasteiger partial charge in [-0.2, -0.15) is 14.3 Å². The van der Waals surface area contributed by atoms with Crippen molar-refractivity contribution in [1.82, 2.24) is 24.6 Å². The number of ether oxygens (including phenoxy) is 1. The highest BCUT2D eigenvalue weighted by Gasteiger charge is 2.41. The molecule has 43 heavy (non-hydrogen) atoms. The van der Waals surface area contributed by atoms with Crippen molar-refractivity contribution in [1.29, 1.82) is 0 Å². The molecule has 1 aliphatic heterocycles. The van der Waals surface area contributed by atoms with Crippen molar-refractivity contribution in [3.63, 3.8) is 0 Å². The fourth-order valence-corrected chi connectivity index (χ4v) is 7.47. The molecule has 10 nitrogen and oxygen atoms in total. The van der Waals surface area contributed by atoms with E-state index in [1.54, 1.807) is 4.90 Å². The lowest BCUT2D eigenvalue weighted by Crippen LogP contribution is -2.60. The van der Waals surface area contributed by atoms with Crippen LogP contribution in [0.4, 0.5) is 18.3 Å². The number of rotatable bonds is 8. The molecule has 16 heteroatoms. The van der Waals surface area contributed by atoms with E-state index in [0.29, 0.717) is 21.4 Å². The summed E-state index contributed by atoms with van der Waals surface area (Å²) in [5.74, 6) is -0.493. The summed E-state index contributed by atoms with van der Waals surface area (Å²) in [6.07, 6.45) is -1.04. The number of sulfonamides is 1. The molecule has 1 N–H and O–H groups in total. The van der Waals surface area contributed by atoms with Crippen LogP contribution in [0.2, 0.25) is 5.28 Å². The zero-order valence-corrected chi connectivity index (χ0v) is 24.7. The van der Waals surface area contributed by atoms with Crippen LogP contribution in [0.1, 0.15) is 29.9 Å². The Labute approximate surface area is 253 Å². The summed E-state index contributed by atoms with van der Waals surface area (Å²) in [4.78, 5) is 27.7. The number of benzene rings is 2. The molecule has 4 aromatic rings. The van der Waals surface area contributed by atoms with Gasteiger partial charge in [0.05, 0.1) is 15.8 Å². The predicted molar refractivity (Wildman–Crippen MR) is 154 cm³/mol. The molecule has 0 radical (unpaired) electrons. The molecule has 2 aromatic carbocycles. The van der Waals surface area contributed by atoms with Gasteiger partial charge in [-0.15, -0.1) is 13.2 Å². The molecule has 0 bridgehead atoms. The van der Waals surface area contributed by atoms with Crippen molar-refractivity contribution in [3.8, 4) is 5.75 Å². The SMILES string of the molecule is O=C(NCc1ccc(C2CC2)cc1)[C@H]1CN(c2nc3nc(Cl)ncc3s2)CCN1S(=O)(=O)c1ccc(OC(F)(F)F)cc1. The molecule has 0 unspecified atom stereocenters. The first-order valence-corrected chi connectivity index (χ1v) is 15.9. The number of thiazole rings is 1. The Hall–Kier alpha value is -3.53. The minimum absolute atomic E-state index is 0.0259. The van der Waals surface area contributed by atoms with Crippen LogP contribution >= 0.6 is 22.9 Å². The fraction of sp³-hybridized carbons (Fsp3) is 0.333. The van der Waals surface area contributed by atoms with Gasteiger partial charge >= 0.3 is 6.36 Å². The molecule has 2 fully saturated rings. The van der Waals surface area contributed by atoms with Crippen LogP contribution in [0.15, 0.2) is 59.6 Å². The van der Waals surface area contributed by atoms with Gasteiger partial charge in [-0.25, -0.2) is 13.4 Å². The summed E-state index contributed by atoms with van der Waals surface area (Å²) >= 11 is 7.18. The maximum Gasteiger partial charge on any atom is 0.573 e. The second-order valence-electron chi connectivity index (χ2n) is 10.2. The van der Waals surface area contributed by atoms with Crippen LogP contribution in [0.5, 0.6) is 5.75 Å². The second-order valence-corrected chi connectivity index (χ2v) is 13.4. The Balaban J connectivity index is 1.24. The Kier molecular flexibility index (Phi) is 7.91. The van der Waals surface area contributed by atoms with Crippen LogP contribution in [0, 0.1) is 0 Å². The predicted octanol–water partition coefficient (Wildman–Crippen LogP) is 4.71. The van der Waals surface area contributed by atoms with Crippen LogP contribution < -0.4 is 15.0 Å². The number of amides is 1. The number of aromatic nitrogens is 3. The summed E-state index contributed by atoms with van der Waals surface area (Å²) in [6, 6.07) is 10.7. The highest BCUT2D eigenvalue weighted by molar-refractivity contribution is 7.89. The van der Waals surface area contributed by atoms with Gasteiger partial charge in [-0.05, 0) is 65.8 Å². The first kappa shape index (κ1) is 29.5. The molecule has 1 atom stereocenters. The number of hydrogen-bond acceptors (Lipinski definition) is 9. The molecule has 6 rings (SSSR count). The monoisotopic (exact) mass is 652 g/mol. The van der Waals surface area contributed by atoms with Crippen molar-refractivity contribution in [2.45, 2.75) is 42.6 Å². The van der Waals surface area contributed by atoms with E-state index in [9.17, 15) is 26.4 Å². The molecule has 2 aromatic heterocycles.